The van der Waals surface area contributed by atoms with E-state index >= 15 is 0 Å². The van der Waals surface area contributed by atoms with E-state index in [1.807, 2.05) is 0 Å². The van der Waals surface area contributed by atoms with Gasteiger partial charge in [-0.1, -0.05) is 6.58 Å². The number of aromatic nitrogens is 2. The Hall–Kier alpha value is -4.34. The lowest BCUT2D eigenvalue weighted by molar-refractivity contribution is -0.129. The summed E-state index contributed by atoms with van der Waals surface area (Å²) in [7, 11) is 0. The fourth-order valence-electron chi connectivity index (χ4n) is 3.87. The second-order valence-electron chi connectivity index (χ2n) is 8.08. The predicted octanol–water partition coefficient (Wildman–Crippen LogP) is 4.29. The number of carbonyl (C=O) groups excluding carboxylic acids is 1. The maximum absolute atomic E-state index is 13.3. The van der Waals surface area contributed by atoms with Crippen molar-refractivity contribution in [3.8, 4) is 11.5 Å². The van der Waals surface area contributed by atoms with Crippen LogP contribution in [0.5, 0.6) is 11.5 Å². The molecule has 0 radical (unpaired) electrons. The van der Waals surface area contributed by atoms with Gasteiger partial charge in [-0.2, -0.15) is 0 Å². The average molecular weight is 479 g/mol. The van der Waals surface area contributed by atoms with E-state index in [-0.39, 0.29) is 29.9 Å². The normalized spacial score (nSPS) is 15.4. The number of ether oxygens (including phenoxy) is 1. The van der Waals surface area contributed by atoms with Crippen molar-refractivity contribution in [3.63, 3.8) is 0 Å². The monoisotopic (exact) mass is 478 g/mol. The average Bonchev–Trinajstić information content (AvgIpc) is 2.85. The van der Waals surface area contributed by atoms with Crippen LogP contribution in [0.3, 0.4) is 0 Å². The number of nitrogens with two attached hydrogens (primary N) is 1. The first-order valence-corrected chi connectivity index (χ1v) is 11.0. The molecule has 1 aliphatic heterocycles. The summed E-state index contributed by atoms with van der Waals surface area (Å²) in [4.78, 5) is 21.7. The maximum Gasteiger partial charge on any atom is 0.282 e. The summed E-state index contributed by atoms with van der Waals surface area (Å²) in [6.07, 6.45) is 2.71. The number of amides is 1. The van der Waals surface area contributed by atoms with Gasteiger partial charge in [0.1, 0.15) is 35.3 Å². The van der Waals surface area contributed by atoms with E-state index in [2.05, 4.69) is 21.9 Å². The minimum Gasteiger partial charge on any atom is -0.457 e. The summed E-state index contributed by atoms with van der Waals surface area (Å²) in [6.45, 7) is 3.80. The molecule has 1 aliphatic rings. The Kier molecular flexibility index (Phi) is 7.00. The van der Waals surface area contributed by atoms with Gasteiger partial charge in [0.2, 0.25) is 0 Å². The first-order valence-electron chi connectivity index (χ1n) is 11.0. The molecule has 2 heterocycles. The molecule has 1 amide bonds. The van der Waals surface area contributed by atoms with Crippen molar-refractivity contribution in [1.29, 1.82) is 5.41 Å². The van der Waals surface area contributed by atoms with E-state index in [4.69, 9.17) is 15.9 Å². The molecule has 35 heavy (non-hydrogen) atoms. The largest absolute Gasteiger partial charge is 0.457 e. The highest BCUT2D eigenvalue weighted by molar-refractivity contribution is 6.16. The fourth-order valence-corrected chi connectivity index (χ4v) is 3.87. The van der Waals surface area contributed by atoms with Gasteiger partial charge in [0.15, 0.2) is 5.83 Å². The second kappa shape index (κ2) is 10.3. The van der Waals surface area contributed by atoms with Gasteiger partial charge < -0.3 is 20.7 Å². The predicted molar refractivity (Wildman–Crippen MR) is 129 cm³/mol. The molecule has 4 N–H and O–H groups in total. The van der Waals surface area contributed by atoms with Gasteiger partial charge in [0.05, 0.1) is 11.3 Å². The zero-order valence-corrected chi connectivity index (χ0v) is 18.8. The molecule has 3 aromatic rings. The molecule has 1 fully saturated rings. The molecule has 1 saturated heterocycles. The lowest BCUT2D eigenvalue weighted by Crippen LogP contribution is -2.45. The number of hydrogen-bond acceptors (Lipinski definition) is 7. The molecule has 0 spiro atoms. The molecule has 1 aromatic heterocycles. The Labute approximate surface area is 201 Å². The Bertz CT molecular complexity index is 1250. The molecule has 180 valence electrons. The molecule has 4 rings (SSSR count). The minimum absolute atomic E-state index is 0.0970. The number of piperidine rings is 1. The van der Waals surface area contributed by atoms with E-state index in [1.54, 1.807) is 24.3 Å². The fraction of sp³-hybridized carbons (Fsp3) is 0.200. The zero-order valence-electron chi connectivity index (χ0n) is 18.8. The van der Waals surface area contributed by atoms with Gasteiger partial charge >= 0.3 is 0 Å². The topological polar surface area (TPSA) is 117 Å². The summed E-state index contributed by atoms with van der Waals surface area (Å²) in [6, 6.07) is 12.2. The summed E-state index contributed by atoms with van der Waals surface area (Å²) < 4.78 is 32.1. The van der Waals surface area contributed by atoms with Crippen LogP contribution in [0.2, 0.25) is 0 Å². The summed E-state index contributed by atoms with van der Waals surface area (Å²) in [5.41, 5.74) is 7.08. The van der Waals surface area contributed by atoms with Gasteiger partial charge in [-0.05, 0) is 61.4 Å². The number of benzene rings is 2. The van der Waals surface area contributed by atoms with Gasteiger partial charge in [-0.25, -0.2) is 18.7 Å². The molecule has 1 unspecified atom stereocenters. The van der Waals surface area contributed by atoms with Crippen LogP contribution in [0.1, 0.15) is 24.0 Å². The first-order chi connectivity index (χ1) is 16.8. The number of nitrogens with zero attached hydrogens (tertiary/aromatic N) is 3. The van der Waals surface area contributed by atoms with Gasteiger partial charge in [0.25, 0.3) is 5.91 Å². The molecule has 8 nitrogen and oxygen atoms in total. The van der Waals surface area contributed by atoms with Crippen molar-refractivity contribution in [2.45, 2.75) is 18.9 Å². The number of anilines is 2. The number of halogens is 2. The van der Waals surface area contributed by atoms with Crippen LogP contribution < -0.4 is 15.8 Å². The van der Waals surface area contributed by atoms with Crippen molar-refractivity contribution in [3.05, 3.63) is 84.2 Å². The lowest BCUT2D eigenvalue weighted by atomic mass is 10.0. The molecule has 0 aliphatic carbocycles. The second-order valence-corrected chi connectivity index (χ2v) is 8.08. The van der Waals surface area contributed by atoms with E-state index < -0.39 is 11.7 Å². The molecular weight excluding hydrogens is 454 g/mol. The van der Waals surface area contributed by atoms with Crippen LogP contribution in [0.15, 0.2) is 67.3 Å². The summed E-state index contributed by atoms with van der Waals surface area (Å²) in [5, 5.41) is 12.0. The first kappa shape index (κ1) is 23.8. The van der Waals surface area contributed by atoms with Crippen molar-refractivity contribution in [2.24, 2.45) is 0 Å². The molecule has 0 bridgehead atoms. The van der Waals surface area contributed by atoms with E-state index in [1.165, 1.54) is 35.5 Å². The number of nitrogens with one attached hydrogen (secondary N) is 2. The maximum atomic E-state index is 13.3. The van der Waals surface area contributed by atoms with Crippen LogP contribution in [0.4, 0.5) is 20.4 Å². The number of hydrogen-bond donors (Lipinski definition) is 3. The third-order valence-corrected chi connectivity index (χ3v) is 5.60. The van der Waals surface area contributed by atoms with Crippen molar-refractivity contribution >= 4 is 23.3 Å². The Morgan fingerprint density at radius 2 is 1.80 bits per heavy atom. The summed E-state index contributed by atoms with van der Waals surface area (Å²) in [5.74, 6) is -0.593. The van der Waals surface area contributed by atoms with Crippen LogP contribution in [0.25, 0.3) is 0 Å². The van der Waals surface area contributed by atoms with E-state index in [0.29, 0.717) is 41.4 Å². The zero-order chi connectivity index (χ0) is 24.9. The van der Waals surface area contributed by atoms with Crippen LogP contribution in [0, 0.1) is 11.2 Å². The number of rotatable bonds is 7. The van der Waals surface area contributed by atoms with Crippen LogP contribution >= 0.6 is 0 Å². The highest BCUT2D eigenvalue weighted by Crippen LogP contribution is 2.27. The Morgan fingerprint density at radius 1 is 1.14 bits per heavy atom. The van der Waals surface area contributed by atoms with Crippen molar-refractivity contribution < 1.29 is 18.3 Å². The van der Waals surface area contributed by atoms with Gasteiger partial charge in [-0.3, -0.25) is 10.2 Å². The standard InChI is InChI=1S/C25H24F2N6O2/c1-15(26)25(34)33-12-2-3-18(13-33)32-24-21(23(29)30-14-31-24)22(28)16-4-8-19(9-5-16)35-20-10-6-17(27)7-11-20/h4-11,14,18,28H,1-3,12-13H2,(H3,29,30,31,32). The lowest BCUT2D eigenvalue weighted by Gasteiger charge is -2.33. The number of carbonyl (C=O) groups is 1. The third kappa shape index (κ3) is 5.60. The Balaban J connectivity index is 1.51. The smallest absolute Gasteiger partial charge is 0.282 e. The minimum atomic E-state index is -0.994. The van der Waals surface area contributed by atoms with Gasteiger partial charge in [-0.15, -0.1) is 0 Å². The molecule has 10 heteroatoms. The number of nitrogen functional groups attached to an aromatic ring is 1. The van der Waals surface area contributed by atoms with Crippen molar-refractivity contribution in [1.82, 2.24) is 14.9 Å². The SMILES string of the molecule is C=C(F)C(=O)N1CCCC(Nc2ncnc(N)c2C(=N)c2ccc(Oc3ccc(F)cc3)cc2)C1. The van der Waals surface area contributed by atoms with Gasteiger partial charge in [0, 0.05) is 24.7 Å². The quantitative estimate of drug-likeness (QED) is 0.344. The van der Waals surface area contributed by atoms with Crippen LogP contribution in [-0.4, -0.2) is 45.6 Å². The van der Waals surface area contributed by atoms with Crippen LogP contribution in [-0.2, 0) is 4.79 Å². The highest BCUT2D eigenvalue weighted by Gasteiger charge is 2.27. The van der Waals surface area contributed by atoms with Crippen molar-refractivity contribution in [2.75, 3.05) is 24.1 Å². The Morgan fingerprint density at radius 3 is 2.46 bits per heavy atom. The highest BCUT2D eigenvalue weighted by atomic mass is 19.1. The van der Waals surface area contributed by atoms with E-state index in [0.717, 1.165) is 6.42 Å². The molecule has 1 atom stereocenters. The summed E-state index contributed by atoms with van der Waals surface area (Å²) >= 11 is 0. The van der Waals surface area contributed by atoms with E-state index in [9.17, 15) is 13.6 Å². The third-order valence-electron chi connectivity index (χ3n) is 5.60. The number of likely N-dealkylation sites (tertiary alicyclic amines) is 1. The molecule has 0 saturated carbocycles. The molecular formula is C25H24F2N6O2. The molecule has 2 aromatic carbocycles.